The number of amides is 1. The fourth-order valence-corrected chi connectivity index (χ4v) is 2.82. The molecule has 1 heterocycles. The third-order valence-corrected chi connectivity index (χ3v) is 4.10. The van der Waals surface area contributed by atoms with Gasteiger partial charge in [-0.1, -0.05) is 19.1 Å². The van der Waals surface area contributed by atoms with Crippen LogP contribution < -0.4 is 0 Å². The molecule has 1 aliphatic rings. The van der Waals surface area contributed by atoms with Crippen molar-refractivity contribution in [3.05, 3.63) is 35.4 Å². The molecule has 1 amide bonds. The minimum absolute atomic E-state index is 0.154. The topological polar surface area (TPSA) is 66.8 Å². The summed E-state index contributed by atoms with van der Waals surface area (Å²) >= 11 is 0. The monoisotopic (exact) mass is 359 g/mol. The number of alkyl halides is 3. The molecule has 2 rings (SSSR count). The highest BCUT2D eigenvalue weighted by atomic mass is 19.4. The lowest BCUT2D eigenvalue weighted by Crippen LogP contribution is -2.48. The second kappa shape index (κ2) is 7.86. The number of aliphatic carboxylic acids is 1. The Labute approximate surface area is 143 Å². The van der Waals surface area contributed by atoms with Gasteiger partial charge in [-0.15, -0.1) is 0 Å². The van der Waals surface area contributed by atoms with Gasteiger partial charge in [-0.05, 0) is 24.1 Å². The van der Waals surface area contributed by atoms with Crippen molar-refractivity contribution in [3.63, 3.8) is 0 Å². The van der Waals surface area contributed by atoms with E-state index in [1.54, 1.807) is 11.8 Å². The van der Waals surface area contributed by atoms with Crippen molar-refractivity contribution in [2.75, 3.05) is 19.7 Å². The Morgan fingerprint density at radius 1 is 1.32 bits per heavy atom. The van der Waals surface area contributed by atoms with Gasteiger partial charge >= 0.3 is 12.1 Å². The zero-order valence-corrected chi connectivity index (χ0v) is 13.8. The van der Waals surface area contributed by atoms with Crippen LogP contribution in [0.25, 0.3) is 0 Å². The van der Waals surface area contributed by atoms with Crippen molar-refractivity contribution >= 4 is 11.9 Å². The molecule has 0 aliphatic carbocycles. The lowest BCUT2D eigenvalue weighted by atomic mass is 9.98. The Morgan fingerprint density at radius 3 is 2.52 bits per heavy atom. The number of benzene rings is 1. The van der Waals surface area contributed by atoms with E-state index in [0.717, 1.165) is 12.1 Å². The van der Waals surface area contributed by atoms with Crippen molar-refractivity contribution < 1.29 is 32.6 Å². The zero-order valence-electron chi connectivity index (χ0n) is 13.8. The molecule has 0 bridgehead atoms. The number of morpholine rings is 1. The molecule has 0 radical (unpaired) electrons. The van der Waals surface area contributed by atoms with Crippen molar-refractivity contribution in [2.24, 2.45) is 5.92 Å². The predicted molar refractivity (Wildman–Crippen MR) is 82.9 cm³/mol. The van der Waals surface area contributed by atoms with E-state index in [1.807, 2.05) is 0 Å². The van der Waals surface area contributed by atoms with Crippen molar-refractivity contribution in [2.45, 2.75) is 32.0 Å². The molecule has 1 fully saturated rings. The number of carbonyl (C=O) groups is 2. The lowest BCUT2D eigenvalue weighted by molar-refractivity contribution is -0.149. The zero-order chi connectivity index (χ0) is 18.6. The molecular weight excluding hydrogens is 339 g/mol. The maximum Gasteiger partial charge on any atom is 0.416 e. The van der Waals surface area contributed by atoms with Crippen LogP contribution in [-0.2, 0) is 26.9 Å². The minimum atomic E-state index is -4.38. The first-order chi connectivity index (χ1) is 11.7. The summed E-state index contributed by atoms with van der Waals surface area (Å²) in [6, 6.07) is 4.76. The Balaban J connectivity index is 1.94. The highest BCUT2D eigenvalue weighted by Crippen LogP contribution is 2.29. The van der Waals surface area contributed by atoms with E-state index in [1.165, 1.54) is 12.1 Å². The summed E-state index contributed by atoms with van der Waals surface area (Å²) in [6.45, 7) is 2.58. The first-order valence-electron chi connectivity index (χ1n) is 7.95. The van der Waals surface area contributed by atoms with E-state index in [9.17, 15) is 22.8 Å². The number of carboxylic acid groups (broad SMARTS) is 1. The summed E-state index contributed by atoms with van der Waals surface area (Å²) in [4.78, 5) is 24.8. The number of carboxylic acids is 1. The fourth-order valence-electron chi connectivity index (χ4n) is 2.82. The summed E-state index contributed by atoms with van der Waals surface area (Å²) < 4.78 is 43.0. The number of hydrogen-bond acceptors (Lipinski definition) is 3. The van der Waals surface area contributed by atoms with Gasteiger partial charge in [0.05, 0.1) is 24.7 Å². The number of hydrogen-bond donors (Lipinski definition) is 1. The van der Waals surface area contributed by atoms with Gasteiger partial charge in [-0.2, -0.15) is 13.2 Å². The van der Waals surface area contributed by atoms with Crippen LogP contribution in [0.5, 0.6) is 0 Å². The van der Waals surface area contributed by atoms with Crippen molar-refractivity contribution in [3.8, 4) is 0 Å². The molecule has 0 saturated carbocycles. The Kier molecular flexibility index (Phi) is 6.05. The van der Waals surface area contributed by atoms with Crippen LogP contribution in [0, 0.1) is 5.92 Å². The van der Waals surface area contributed by atoms with E-state index in [2.05, 4.69) is 0 Å². The van der Waals surface area contributed by atoms with Crippen LogP contribution >= 0.6 is 0 Å². The SMILES string of the molecule is CC(Cc1ccc(C(F)(F)F)cc1)C(=O)N1CCOC(CC(=O)O)C1. The number of nitrogens with zero attached hydrogens (tertiary/aromatic N) is 1. The molecule has 0 spiro atoms. The molecule has 5 nitrogen and oxygen atoms in total. The standard InChI is InChI=1S/C17H20F3NO4/c1-11(8-12-2-4-13(5-3-12)17(18,19)20)16(24)21-6-7-25-14(10-21)9-15(22)23/h2-5,11,14H,6-10H2,1H3,(H,22,23). The molecule has 2 atom stereocenters. The Morgan fingerprint density at radius 2 is 1.96 bits per heavy atom. The first kappa shape index (κ1) is 19.2. The largest absolute Gasteiger partial charge is 0.481 e. The van der Waals surface area contributed by atoms with Gasteiger partial charge in [0.15, 0.2) is 0 Å². The van der Waals surface area contributed by atoms with Crippen LogP contribution in [0.3, 0.4) is 0 Å². The summed E-state index contributed by atoms with van der Waals surface area (Å²) in [5.74, 6) is -1.56. The maximum absolute atomic E-state index is 12.6. The molecule has 2 unspecified atom stereocenters. The average Bonchev–Trinajstić information content (AvgIpc) is 2.53. The third kappa shape index (κ3) is 5.45. The van der Waals surface area contributed by atoms with Gasteiger partial charge in [0, 0.05) is 19.0 Å². The highest BCUT2D eigenvalue weighted by molar-refractivity contribution is 5.79. The van der Waals surface area contributed by atoms with Crippen LogP contribution in [0.1, 0.15) is 24.5 Å². The smallest absolute Gasteiger partial charge is 0.416 e. The van der Waals surface area contributed by atoms with E-state index < -0.39 is 29.7 Å². The van der Waals surface area contributed by atoms with Crippen LogP contribution in [0.4, 0.5) is 13.2 Å². The molecule has 138 valence electrons. The average molecular weight is 359 g/mol. The molecule has 1 saturated heterocycles. The van der Waals surface area contributed by atoms with Crippen LogP contribution in [-0.4, -0.2) is 47.7 Å². The normalized spacial score (nSPS) is 19.5. The summed E-state index contributed by atoms with van der Waals surface area (Å²) in [7, 11) is 0. The molecule has 0 aromatic heterocycles. The summed E-state index contributed by atoms with van der Waals surface area (Å²) in [5, 5.41) is 8.81. The molecule has 1 N–H and O–H groups in total. The van der Waals surface area contributed by atoms with Gasteiger partial charge in [-0.25, -0.2) is 0 Å². The molecule has 25 heavy (non-hydrogen) atoms. The third-order valence-electron chi connectivity index (χ3n) is 4.10. The van der Waals surface area contributed by atoms with E-state index in [-0.39, 0.29) is 25.5 Å². The number of carbonyl (C=O) groups excluding carboxylic acids is 1. The summed E-state index contributed by atoms with van der Waals surface area (Å²) in [5.41, 5.74) is -0.0795. The maximum atomic E-state index is 12.6. The first-order valence-corrected chi connectivity index (χ1v) is 7.95. The van der Waals surface area contributed by atoms with E-state index in [4.69, 9.17) is 9.84 Å². The van der Waals surface area contributed by atoms with Gasteiger partial charge < -0.3 is 14.7 Å². The molecule has 1 aromatic carbocycles. The number of rotatable bonds is 5. The van der Waals surface area contributed by atoms with E-state index >= 15 is 0 Å². The number of ether oxygens (including phenoxy) is 1. The Hall–Kier alpha value is -2.09. The van der Waals surface area contributed by atoms with Crippen LogP contribution in [0.2, 0.25) is 0 Å². The van der Waals surface area contributed by atoms with Crippen molar-refractivity contribution in [1.29, 1.82) is 0 Å². The molecule has 1 aliphatic heterocycles. The van der Waals surface area contributed by atoms with Gasteiger partial charge in [0.2, 0.25) is 5.91 Å². The second-order valence-corrected chi connectivity index (χ2v) is 6.17. The molecule has 8 heteroatoms. The minimum Gasteiger partial charge on any atom is -0.481 e. The Bertz CT molecular complexity index is 615. The molecule has 1 aromatic rings. The lowest BCUT2D eigenvalue weighted by Gasteiger charge is -2.34. The van der Waals surface area contributed by atoms with Gasteiger partial charge in [0.1, 0.15) is 0 Å². The second-order valence-electron chi connectivity index (χ2n) is 6.17. The predicted octanol–water partition coefficient (Wildman–Crippen LogP) is 2.59. The van der Waals surface area contributed by atoms with Gasteiger partial charge in [0.25, 0.3) is 0 Å². The van der Waals surface area contributed by atoms with E-state index in [0.29, 0.717) is 18.5 Å². The molecular formula is C17H20F3NO4. The van der Waals surface area contributed by atoms with Crippen LogP contribution in [0.15, 0.2) is 24.3 Å². The highest BCUT2D eigenvalue weighted by Gasteiger charge is 2.31. The number of halogens is 3. The van der Waals surface area contributed by atoms with Gasteiger partial charge in [-0.3, -0.25) is 9.59 Å². The van der Waals surface area contributed by atoms with Crippen molar-refractivity contribution in [1.82, 2.24) is 4.90 Å². The summed E-state index contributed by atoms with van der Waals surface area (Å²) in [6.07, 6.45) is -4.77. The fraction of sp³-hybridized carbons (Fsp3) is 0.529. The quantitative estimate of drug-likeness (QED) is 0.878.